The van der Waals surface area contributed by atoms with Crippen molar-refractivity contribution in [3.8, 4) is 11.4 Å². The molecule has 0 fully saturated rings. The molecule has 3 rings (SSSR count). The van der Waals surface area contributed by atoms with Gasteiger partial charge in [-0.15, -0.1) is 0 Å². The minimum Gasteiger partial charge on any atom is -0.356 e. The summed E-state index contributed by atoms with van der Waals surface area (Å²) < 4.78 is 26.3. The van der Waals surface area contributed by atoms with Crippen molar-refractivity contribution in [3.63, 3.8) is 0 Å². The largest absolute Gasteiger partial charge is 0.356 e. The summed E-state index contributed by atoms with van der Waals surface area (Å²) in [6.45, 7) is 5.53. The van der Waals surface area contributed by atoms with E-state index in [1.165, 1.54) is 30.5 Å². The molecule has 1 amide bonds. The topological polar surface area (TPSA) is 58.1 Å². The average Bonchev–Trinajstić information content (AvgIpc) is 2.74. The van der Waals surface area contributed by atoms with Crippen LogP contribution in [0.3, 0.4) is 0 Å². The average molecular weight is 396 g/mol. The molecule has 0 aliphatic heterocycles. The van der Waals surface area contributed by atoms with Crippen LogP contribution in [-0.4, -0.2) is 29.0 Å². The second-order valence-corrected chi connectivity index (χ2v) is 6.42. The SMILES string of the molecule is CCN(CC)c1nc(-c2ccc(F)cc2)ncc1C(=O)NCc1ccc(F)cc1. The molecule has 29 heavy (non-hydrogen) atoms. The Labute approximate surface area is 168 Å². The van der Waals surface area contributed by atoms with E-state index in [0.717, 1.165) is 5.56 Å². The van der Waals surface area contributed by atoms with E-state index in [1.54, 1.807) is 24.3 Å². The van der Waals surface area contributed by atoms with E-state index in [0.29, 0.717) is 35.9 Å². The number of anilines is 1. The van der Waals surface area contributed by atoms with Gasteiger partial charge in [0.25, 0.3) is 5.91 Å². The lowest BCUT2D eigenvalue weighted by molar-refractivity contribution is 0.0950. The summed E-state index contributed by atoms with van der Waals surface area (Å²) in [5, 5.41) is 2.83. The molecule has 0 unspecified atom stereocenters. The molecule has 0 aliphatic carbocycles. The Balaban J connectivity index is 1.88. The molecule has 150 valence electrons. The highest BCUT2D eigenvalue weighted by Gasteiger charge is 2.19. The first kappa shape index (κ1) is 20.4. The van der Waals surface area contributed by atoms with Gasteiger partial charge in [0.05, 0.1) is 0 Å². The lowest BCUT2D eigenvalue weighted by Gasteiger charge is -2.22. The molecule has 0 atom stereocenters. The molecule has 0 saturated heterocycles. The molecular weight excluding hydrogens is 374 g/mol. The Morgan fingerprint density at radius 2 is 1.55 bits per heavy atom. The number of nitrogens with zero attached hydrogens (tertiary/aromatic N) is 3. The van der Waals surface area contributed by atoms with Crippen LogP contribution in [0, 0.1) is 11.6 Å². The van der Waals surface area contributed by atoms with Gasteiger partial charge in [0, 0.05) is 31.4 Å². The molecule has 3 aromatic rings. The van der Waals surface area contributed by atoms with Crippen molar-refractivity contribution in [3.05, 3.63) is 77.5 Å². The van der Waals surface area contributed by atoms with Crippen LogP contribution < -0.4 is 10.2 Å². The van der Waals surface area contributed by atoms with Gasteiger partial charge in [-0.25, -0.2) is 18.7 Å². The zero-order valence-corrected chi connectivity index (χ0v) is 16.3. The molecular formula is C22H22F2N4O. The van der Waals surface area contributed by atoms with E-state index >= 15 is 0 Å². The van der Waals surface area contributed by atoms with Gasteiger partial charge in [-0.2, -0.15) is 0 Å². The van der Waals surface area contributed by atoms with Gasteiger partial charge in [0.15, 0.2) is 5.82 Å². The maximum absolute atomic E-state index is 13.2. The van der Waals surface area contributed by atoms with Gasteiger partial charge in [0.2, 0.25) is 0 Å². The summed E-state index contributed by atoms with van der Waals surface area (Å²) in [5.74, 6) is -0.0482. The number of nitrogens with one attached hydrogen (secondary N) is 1. The number of amides is 1. The predicted octanol–water partition coefficient (Wildman–Crippen LogP) is 4.20. The highest BCUT2D eigenvalue weighted by Crippen LogP contribution is 2.23. The van der Waals surface area contributed by atoms with Crippen molar-refractivity contribution in [1.82, 2.24) is 15.3 Å². The summed E-state index contributed by atoms with van der Waals surface area (Å²) in [7, 11) is 0. The van der Waals surface area contributed by atoms with Gasteiger partial charge in [-0.1, -0.05) is 12.1 Å². The molecule has 5 nitrogen and oxygen atoms in total. The van der Waals surface area contributed by atoms with Crippen LogP contribution >= 0.6 is 0 Å². The van der Waals surface area contributed by atoms with E-state index in [2.05, 4.69) is 15.3 Å². The van der Waals surface area contributed by atoms with Crippen molar-refractivity contribution < 1.29 is 13.6 Å². The normalized spacial score (nSPS) is 10.6. The first-order chi connectivity index (χ1) is 14.0. The predicted molar refractivity (Wildman–Crippen MR) is 109 cm³/mol. The summed E-state index contributed by atoms with van der Waals surface area (Å²) in [5.41, 5.74) is 1.80. The van der Waals surface area contributed by atoms with Gasteiger partial charge < -0.3 is 10.2 Å². The fourth-order valence-electron chi connectivity index (χ4n) is 2.92. The second kappa shape index (κ2) is 9.23. The van der Waals surface area contributed by atoms with E-state index < -0.39 is 0 Å². The highest BCUT2D eigenvalue weighted by molar-refractivity contribution is 5.98. The van der Waals surface area contributed by atoms with Crippen LogP contribution in [0.25, 0.3) is 11.4 Å². The van der Waals surface area contributed by atoms with Gasteiger partial charge >= 0.3 is 0 Å². The van der Waals surface area contributed by atoms with Crippen molar-refractivity contribution >= 4 is 11.7 Å². The lowest BCUT2D eigenvalue weighted by Crippen LogP contribution is -2.30. The fourth-order valence-corrected chi connectivity index (χ4v) is 2.92. The quantitative estimate of drug-likeness (QED) is 0.650. The second-order valence-electron chi connectivity index (χ2n) is 6.42. The molecule has 0 radical (unpaired) electrons. The number of carbonyl (C=O) groups excluding carboxylic acids is 1. The molecule has 1 N–H and O–H groups in total. The minimum absolute atomic E-state index is 0.260. The van der Waals surface area contributed by atoms with Crippen molar-refractivity contribution in [2.24, 2.45) is 0 Å². The molecule has 0 aliphatic rings. The number of carbonyl (C=O) groups is 1. The summed E-state index contributed by atoms with van der Waals surface area (Å²) in [6.07, 6.45) is 1.49. The van der Waals surface area contributed by atoms with E-state index in [1.807, 2.05) is 18.7 Å². The fraction of sp³-hybridized carbons (Fsp3) is 0.227. The molecule has 1 aromatic heterocycles. The minimum atomic E-state index is -0.338. The maximum atomic E-state index is 13.2. The zero-order valence-electron chi connectivity index (χ0n) is 16.3. The summed E-state index contributed by atoms with van der Waals surface area (Å²) in [4.78, 5) is 23.6. The molecule has 1 heterocycles. The molecule has 7 heteroatoms. The first-order valence-electron chi connectivity index (χ1n) is 9.42. The third kappa shape index (κ3) is 4.93. The monoisotopic (exact) mass is 396 g/mol. The molecule has 0 bridgehead atoms. The smallest absolute Gasteiger partial charge is 0.256 e. The highest BCUT2D eigenvalue weighted by atomic mass is 19.1. The summed E-state index contributed by atoms with van der Waals surface area (Å²) >= 11 is 0. The number of rotatable bonds is 7. The van der Waals surface area contributed by atoms with Crippen molar-refractivity contribution in [1.29, 1.82) is 0 Å². The number of hydrogen-bond donors (Lipinski definition) is 1. The summed E-state index contributed by atoms with van der Waals surface area (Å²) in [6, 6.07) is 11.8. The number of benzene rings is 2. The van der Waals surface area contributed by atoms with Crippen LogP contribution in [0.1, 0.15) is 29.8 Å². The third-order valence-electron chi connectivity index (χ3n) is 4.54. The number of halogens is 2. The standard InChI is InChI=1S/C22H22F2N4O/c1-3-28(4-2)21-19(22(29)26-13-15-5-9-17(23)10-6-15)14-25-20(27-21)16-7-11-18(24)12-8-16/h5-12,14H,3-4,13H2,1-2H3,(H,26,29). The van der Waals surface area contributed by atoms with Crippen LogP contribution in [0.2, 0.25) is 0 Å². The maximum Gasteiger partial charge on any atom is 0.256 e. The Morgan fingerprint density at radius 1 is 0.966 bits per heavy atom. The number of aromatic nitrogens is 2. The van der Waals surface area contributed by atoms with Crippen molar-refractivity contribution in [2.75, 3.05) is 18.0 Å². The zero-order chi connectivity index (χ0) is 20.8. The van der Waals surface area contributed by atoms with E-state index in [4.69, 9.17) is 0 Å². The van der Waals surface area contributed by atoms with Crippen molar-refractivity contribution in [2.45, 2.75) is 20.4 Å². The Hall–Kier alpha value is -3.35. The van der Waals surface area contributed by atoms with Gasteiger partial charge in [-0.05, 0) is 55.8 Å². The van der Waals surface area contributed by atoms with Crippen LogP contribution in [0.4, 0.5) is 14.6 Å². The van der Waals surface area contributed by atoms with E-state index in [-0.39, 0.29) is 24.1 Å². The Bertz CT molecular complexity index is 971. The number of hydrogen-bond acceptors (Lipinski definition) is 4. The van der Waals surface area contributed by atoms with Crippen LogP contribution in [0.5, 0.6) is 0 Å². The van der Waals surface area contributed by atoms with Crippen LogP contribution in [0.15, 0.2) is 54.7 Å². The van der Waals surface area contributed by atoms with Gasteiger partial charge in [-0.3, -0.25) is 4.79 Å². The Morgan fingerprint density at radius 3 is 2.14 bits per heavy atom. The molecule has 2 aromatic carbocycles. The van der Waals surface area contributed by atoms with Gasteiger partial charge in [0.1, 0.15) is 23.0 Å². The first-order valence-corrected chi connectivity index (χ1v) is 9.42. The molecule has 0 spiro atoms. The Kier molecular flexibility index (Phi) is 6.49. The molecule has 0 saturated carbocycles. The van der Waals surface area contributed by atoms with E-state index in [9.17, 15) is 13.6 Å². The third-order valence-corrected chi connectivity index (χ3v) is 4.54. The lowest BCUT2D eigenvalue weighted by atomic mass is 10.2. The van der Waals surface area contributed by atoms with Crippen LogP contribution in [-0.2, 0) is 6.54 Å².